The summed E-state index contributed by atoms with van der Waals surface area (Å²) in [4.78, 5) is 29.9. The maximum atomic E-state index is 12.1. The first-order valence-corrected chi connectivity index (χ1v) is 7.38. The van der Waals surface area contributed by atoms with Crippen molar-refractivity contribution in [3.8, 4) is 11.8 Å². The lowest BCUT2D eigenvalue weighted by Crippen LogP contribution is -2.39. The van der Waals surface area contributed by atoms with E-state index in [2.05, 4.69) is 6.58 Å². The number of carbonyl (C=O) groups is 2. The molecule has 2 N–H and O–H groups in total. The lowest BCUT2D eigenvalue weighted by Gasteiger charge is -2.19. The van der Waals surface area contributed by atoms with Crippen molar-refractivity contribution in [1.29, 1.82) is 0 Å². The molecule has 1 aromatic heterocycles. The molecule has 132 valence electrons. The molecule has 0 fully saturated rings. The highest BCUT2D eigenvalue weighted by atomic mass is 16.7. The number of carbonyl (C=O) groups excluding carboxylic acids is 2. The fourth-order valence-corrected chi connectivity index (χ4v) is 1.95. The van der Waals surface area contributed by atoms with Crippen LogP contribution in [-0.4, -0.2) is 45.0 Å². The van der Waals surface area contributed by atoms with E-state index in [1.54, 1.807) is 12.1 Å². The van der Waals surface area contributed by atoms with E-state index in [0.717, 1.165) is 22.6 Å². The second-order valence-electron chi connectivity index (χ2n) is 5.02. The maximum absolute atomic E-state index is 12.1. The van der Waals surface area contributed by atoms with Crippen LogP contribution < -0.4 is 4.84 Å². The van der Waals surface area contributed by atoms with Gasteiger partial charge in [0.1, 0.15) is 13.2 Å². The second kappa shape index (κ2) is 8.44. The molecule has 0 radical (unpaired) electrons. The number of nitrogens with zero attached hydrogens (tertiary/aromatic N) is 2. The SMILES string of the molecule is C=CCN(CC(=O)On1c(O)ccc1O)C(=O)OCc1ccccc1. The highest BCUT2D eigenvalue weighted by molar-refractivity contribution is 5.78. The van der Waals surface area contributed by atoms with Crippen molar-refractivity contribution in [2.75, 3.05) is 13.1 Å². The zero-order valence-corrected chi connectivity index (χ0v) is 13.4. The normalized spacial score (nSPS) is 10.1. The van der Waals surface area contributed by atoms with Gasteiger partial charge in [-0.1, -0.05) is 36.4 Å². The number of hydrogen-bond acceptors (Lipinski definition) is 6. The number of hydrogen-bond donors (Lipinski definition) is 2. The van der Waals surface area contributed by atoms with Gasteiger partial charge in [-0.3, -0.25) is 4.90 Å². The molecule has 0 unspecified atom stereocenters. The number of aromatic nitrogens is 1. The molecular formula is C17H18N2O6. The molecule has 0 aliphatic heterocycles. The first kappa shape index (κ1) is 17.9. The van der Waals surface area contributed by atoms with Crippen molar-refractivity contribution in [2.45, 2.75) is 6.61 Å². The fraction of sp³-hybridized carbons (Fsp3) is 0.176. The van der Waals surface area contributed by atoms with Gasteiger partial charge in [0, 0.05) is 18.7 Å². The topological polar surface area (TPSA) is 101 Å². The average molecular weight is 346 g/mol. The Bertz CT molecular complexity index is 721. The van der Waals surface area contributed by atoms with Gasteiger partial charge in [-0.15, -0.1) is 11.3 Å². The third-order valence-electron chi connectivity index (χ3n) is 3.12. The van der Waals surface area contributed by atoms with Crippen LogP contribution in [-0.2, 0) is 16.1 Å². The number of rotatable bonds is 7. The van der Waals surface area contributed by atoms with Crippen LogP contribution in [0.1, 0.15) is 5.56 Å². The average Bonchev–Trinajstić information content (AvgIpc) is 2.92. The van der Waals surface area contributed by atoms with E-state index >= 15 is 0 Å². The summed E-state index contributed by atoms with van der Waals surface area (Å²) < 4.78 is 5.70. The Morgan fingerprint density at radius 2 is 1.76 bits per heavy atom. The lowest BCUT2D eigenvalue weighted by atomic mass is 10.2. The summed E-state index contributed by atoms with van der Waals surface area (Å²) in [6.07, 6.45) is 0.712. The Hall–Kier alpha value is -3.42. The molecule has 0 aliphatic rings. The van der Waals surface area contributed by atoms with Crippen LogP contribution in [0, 0.1) is 0 Å². The molecule has 2 rings (SSSR count). The number of ether oxygens (including phenoxy) is 1. The Balaban J connectivity index is 1.93. The quantitative estimate of drug-likeness (QED) is 0.740. The van der Waals surface area contributed by atoms with E-state index in [9.17, 15) is 19.8 Å². The molecular weight excluding hydrogens is 328 g/mol. The summed E-state index contributed by atoms with van der Waals surface area (Å²) in [6, 6.07) is 11.4. The summed E-state index contributed by atoms with van der Waals surface area (Å²) in [7, 11) is 0. The van der Waals surface area contributed by atoms with Gasteiger partial charge in [0.05, 0.1) is 0 Å². The van der Waals surface area contributed by atoms with Crippen LogP contribution in [0.5, 0.6) is 11.8 Å². The van der Waals surface area contributed by atoms with Gasteiger partial charge in [0.25, 0.3) is 0 Å². The van der Waals surface area contributed by atoms with Crippen molar-refractivity contribution in [3.63, 3.8) is 0 Å². The van der Waals surface area contributed by atoms with Gasteiger partial charge in [-0.05, 0) is 5.56 Å². The molecule has 0 bridgehead atoms. The van der Waals surface area contributed by atoms with Gasteiger partial charge in [0.15, 0.2) is 0 Å². The Kier molecular flexibility index (Phi) is 6.05. The zero-order chi connectivity index (χ0) is 18.2. The molecule has 1 amide bonds. The highest BCUT2D eigenvalue weighted by Gasteiger charge is 2.20. The Morgan fingerprint density at radius 1 is 1.12 bits per heavy atom. The largest absolute Gasteiger partial charge is 0.492 e. The van der Waals surface area contributed by atoms with Crippen LogP contribution >= 0.6 is 0 Å². The van der Waals surface area contributed by atoms with Crippen LogP contribution in [0.15, 0.2) is 55.1 Å². The standard InChI is InChI=1S/C17H18N2O6/c1-2-10-18(17(23)24-12-13-6-4-3-5-7-13)11-16(22)25-19-14(20)8-9-15(19)21/h2-9,20-21H,1,10-12H2. The highest BCUT2D eigenvalue weighted by Crippen LogP contribution is 2.18. The van der Waals surface area contributed by atoms with Gasteiger partial charge in [-0.25, -0.2) is 9.59 Å². The third kappa shape index (κ3) is 5.03. The van der Waals surface area contributed by atoms with Gasteiger partial charge >= 0.3 is 12.1 Å². The molecule has 0 atom stereocenters. The van der Waals surface area contributed by atoms with Gasteiger partial charge < -0.3 is 19.8 Å². The molecule has 8 nitrogen and oxygen atoms in total. The second-order valence-corrected chi connectivity index (χ2v) is 5.02. The van der Waals surface area contributed by atoms with E-state index < -0.39 is 30.4 Å². The molecule has 0 saturated carbocycles. The summed E-state index contributed by atoms with van der Waals surface area (Å²) in [6.45, 7) is 3.20. The number of benzene rings is 1. The van der Waals surface area contributed by atoms with Crippen molar-refractivity contribution in [2.24, 2.45) is 0 Å². The van der Waals surface area contributed by atoms with Crippen LogP contribution in [0.25, 0.3) is 0 Å². The van der Waals surface area contributed by atoms with Crippen LogP contribution in [0.3, 0.4) is 0 Å². The summed E-state index contributed by atoms with van der Waals surface area (Å²) in [5, 5.41) is 18.9. The Labute approximate surface area is 144 Å². The van der Waals surface area contributed by atoms with E-state index in [-0.39, 0.29) is 13.2 Å². The van der Waals surface area contributed by atoms with Crippen LogP contribution in [0.2, 0.25) is 0 Å². The van der Waals surface area contributed by atoms with Crippen molar-refractivity contribution in [1.82, 2.24) is 9.63 Å². The molecule has 0 spiro atoms. The van der Waals surface area contributed by atoms with Crippen molar-refractivity contribution >= 4 is 12.1 Å². The first-order chi connectivity index (χ1) is 12.0. The molecule has 0 aliphatic carbocycles. The van der Waals surface area contributed by atoms with E-state index in [0.29, 0.717) is 4.73 Å². The minimum Gasteiger partial charge on any atom is -0.492 e. The van der Waals surface area contributed by atoms with Gasteiger partial charge in [0.2, 0.25) is 11.8 Å². The zero-order valence-electron chi connectivity index (χ0n) is 13.4. The molecule has 2 aromatic rings. The van der Waals surface area contributed by atoms with E-state index in [1.807, 2.05) is 18.2 Å². The minimum absolute atomic E-state index is 0.0571. The Morgan fingerprint density at radius 3 is 2.36 bits per heavy atom. The predicted octanol–water partition coefficient (Wildman–Crippen LogP) is 1.68. The van der Waals surface area contributed by atoms with E-state index in [4.69, 9.17) is 9.57 Å². The summed E-state index contributed by atoms with van der Waals surface area (Å²) in [5.74, 6) is -1.78. The smallest absolute Gasteiger partial charge is 0.410 e. The lowest BCUT2D eigenvalue weighted by molar-refractivity contribution is -0.146. The maximum Gasteiger partial charge on any atom is 0.410 e. The summed E-state index contributed by atoms with van der Waals surface area (Å²) >= 11 is 0. The fourth-order valence-electron chi connectivity index (χ4n) is 1.95. The third-order valence-corrected chi connectivity index (χ3v) is 3.12. The van der Waals surface area contributed by atoms with Crippen molar-refractivity contribution in [3.05, 3.63) is 60.7 Å². The predicted molar refractivity (Wildman–Crippen MR) is 87.7 cm³/mol. The number of amides is 1. The molecule has 8 heteroatoms. The first-order valence-electron chi connectivity index (χ1n) is 7.38. The van der Waals surface area contributed by atoms with Crippen molar-refractivity contribution < 1.29 is 29.4 Å². The van der Waals surface area contributed by atoms with Gasteiger partial charge in [-0.2, -0.15) is 0 Å². The van der Waals surface area contributed by atoms with E-state index in [1.165, 1.54) is 6.08 Å². The minimum atomic E-state index is -0.875. The van der Waals surface area contributed by atoms with Crippen LogP contribution in [0.4, 0.5) is 4.79 Å². The number of aromatic hydroxyl groups is 2. The monoisotopic (exact) mass is 346 g/mol. The molecule has 25 heavy (non-hydrogen) atoms. The molecule has 1 aromatic carbocycles. The summed E-state index contributed by atoms with van der Waals surface area (Å²) in [5.41, 5.74) is 0.805. The molecule has 0 saturated heterocycles. The molecule has 1 heterocycles.